The highest BCUT2D eigenvalue weighted by Gasteiger charge is 2.17. The normalized spacial score (nSPS) is 10.7. The molecule has 0 saturated carbocycles. The van der Waals surface area contributed by atoms with Gasteiger partial charge in [-0.05, 0) is 42.5 Å². The van der Waals surface area contributed by atoms with Crippen molar-refractivity contribution in [2.45, 2.75) is 5.16 Å². The summed E-state index contributed by atoms with van der Waals surface area (Å²) in [5.74, 6) is 0.575. The van der Waals surface area contributed by atoms with Crippen LogP contribution in [0.15, 0.2) is 78.2 Å². The van der Waals surface area contributed by atoms with Crippen molar-refractivity contribution in [1.82, 2.24) is 19.7 Å². The van der Waals surface area contributed by atoms with Gasteiger partial charge < -0.3 is 5.32 Å². The Labute approximate surface area is 187 Å². The van der Waals surface area contributed by atoms with E-state index >= 15 is 0 Å². The van der Waals surface area contributed by atoms with E-state index in [2.05, 4.69) is 20.5 Å². The number of nitrogens with zero attached hydrogens (tertiary/aromatic N) is 4. The minimum atomic E-state index is -0.225. The minimum absolute atomic E-state index is 0.129. The third-order valence-electron chi connectivity index (χ3n) is 4.12. The fourth-order valence-electron chi connectivity index (χ4n) is 2.77. The fraction of sp³-hybridized carbons (Fsp3) is 0.0476. The van der Waals surface area contributed by atoms with E-state index in [1.165, 1.54) is 11.8 Å². The van der Waals surface area contributed by atoms with Crippen LogP contribution in [0.5, 0.6) is 0 Å². The van der Waals surface area contributed by atoms with Crippen molar-refractivity contribution in [2.75, 3.05) is 11.1 Å². The topological polar surface area (TPSA) is 72.7 Å². The number of halogens is 2. The van der Waals surface area contributed by atoms with Crippen molar-refractivity contribution in [3.05, 3.63) is 83.1 Å². The quantitative estimate of drug-likeness (QED) is 0.395. The number of anilines is 1. The van der Waals surface area contributed by atoms with Gasteiger partial charge in [0, 0.05) is 28.7 Å². The van der Waals surface area contributed by atoms with Crippen LogP contribution in [0.1, 0.15) is 0 Å². The molecular formula is C21H15Cl2N5OS. The molecule has 6 nitrogen and oxygen atoms in total. The van der Waals surface area contributed by atoms with Gasteiger partial charge in [0.25, 0.3) is 0 Å². The second-order valence-corrected chi connectivity index (χ2v) is 7.96. The van der Waals surface area contributed by atoms with Gasteiger partial charge in [-0.2, -0.15) is 0 Å². The minimum Gasteiger partial charge on any atom is -0.324 e. The number of para-hydroxylation sites is 1. The average Bonchev–Trinajstić information content (AvgIpc) is 3.20. The van der Waals surface area contributed by atoms with Gasteiger partial charge in [0.05, 0.1) is 16.5 Å². The lowest BCUT2D eigenvalue weighted by molar-refractivity contribution is -0.113. The summed E-state index contributed by atoms with van der Waals surface area (Å²) in [6, 6.07) is 18.4. The molecule has 0 aliphatic carbocycles. The van der Waals surface area contributed by atoms with Crippen molar-refractivity contribution >= 4 is 46.6 Å². The number of benzene rings is 2. The molecule has 1 N–H and O–H groups in total. The standard InChI is InChI=1S/C21H15Cl2N5OS/c22-15-6-7-17(23)18(12-15)25-19(29)13-30-21-27-26-20(14-8-10-24-11-9-14)28(21)16-4-2-1-3-5-16/h1-12H,13H2,(H,25,29). The molecule has 9 heteroatoms. The van der Waals surface area contributed by atoms with E-state index < -0.39 is 0 Å². The van der Waals surface area contributed by atoms with E-state index in [9.17, 15) is 4.79 Å². The molecule has 2 heterocycles. The molecule has 0 unspecified atom stereocenters. The zero-order valence-electron chi connectivity index (χ0n) is 15.5. The molecular weight excluding hydrogens is 441 g/mol. The van der Waals surface area contributed by atoms with Gasteiger partial charge in [-0.25, -0.2) is 0 Å². The summed E-state index contributed by atoms with van der Waals surface area (Å²) in [5, 5.41) is 12.9. The Morgan fingerprint density at radius 2 is 1.77 bits per heavy atom. The van der Waals surface area contributed by atoms with E-state index in [0.717, 1.165) is 11.3 Å². The molecule has 0 atom stereocenters. The Hall–Kier alpha value is -2.87. The molecule has 0 aliphatic rings. The molecule has 1 amide bonds. The van der Waals surface area contributed by atoms with Crippen LogP contribution in [0.4, 0.5) is 5.69 Å². The lowest BCUT2D eigenvalue weighted by Crippen LogP contribution is -2.15. The first-order valence-corrected chi connectivity index (χ1v) is 10.6. The van der Waals surface area contributed by atoms with Crippen molar-refractivity contribution in [3.8, 4) is 17.1 Å². The van der Waals surface area contributed by atoms with E-state index in [0.29, 0.717) is 26.7 Å². The molecule has 4 aromatic rings. The third-order valence-corrected chi connectivity index (χ3v) is 5.61. The molecule has 30 heavy (non-hydrogen) atoms. The van der Waals surface area contributed by atoms with Crippen molar-refractivity contribution in [3.63, 3.8) is 0 Å². The largest absolute Gasteiger partial charge is 0.324 e. The summed E-state index contributed by atoms with van der Waals surface area (Å²) in [7, 11) is 0. The number of carbonyl (C=O) groups excluding carboxylic acids is 1. The predicted octanol–water partition coefficient (Wildman–Crippen LogP) is 5.37. The Morgan fingerprint density at radius 1 is 1.00 bits per heavy atom. The summed E-state index contributed by atoms with van der Waals surface area (Å²) in [5.41, 5.74) is 2.25. The first-order chi connectivity index (χ1) is 14.6. The summed E-state index contributed by atoms with van der Waals surface area (Å²) < 4.78 is 1.92. The lowest BCUT2D eigenvalue weighted by Gasteiger charge is -2.11. The van der Waals surface area contributed by atoms with Crippen LogP contribution in [-0.2, 0) is 4.79 Å². The summed E-state index contributed by atoms with van der Waals surface area (Å²) in [6.45, 7) is 0. The number of hydrogen-bond acceptors (Lipinski definition) is 5. The van der Waals surface area contributed by atoms with E-state index in [1.807, 2.05) is 47.0 Å². The average molecular weight is 456 g/mol. The SMILES string of the molecule is O=C(CSc1nnc(-c2ccncc2)n1-c1ccccc1)Nc1cc(Cl)ccc1Cl. The van der Waals surface area contributed by atoms with Crippen molar-refractivity contribution in [1.29, 1.82) is 0 Å². The number of thioether (sulfide) groups is 1. The molecule has 0 saturated heterocycles. The molecule has 2 aromatic carbocycles. The van der Waals surface area contributed by atoms with Crippen molar-refractivity contribution in [2.24, 2.45) is 0 Å². The molecule has 0 spiro atoms. The molecule has 150 valence electrons. The smallest absolute Gasteiger partial charge is 0.234 e. The number of nitrogens with one attached hydrogen (secondary N) is 1. The number of amides is 1. The summed E-state index contributed by atoms with van der Waals surface area (Å²) in [6.07, 6.45) is 3.41. The Balaban J connectivity index is 1.58. The molecule has 0 radical (unpaired) electrons. The van der Waals surface area contributed by atoms with Crippen LogP contribution in [-0.4, -0.2) is 31.4 Å². The van der Waals surface area contributed by atoms with E-state index in [4.69, 9.17) is 23.2 Å². The highest BCUT2D eigenvalue weighted by atomic mass is 35.5. The maximum absolute atomic E-state index is 12.5. The van der Waals surface area contributed by atoms with E-state index in [1.54, 1.807) is 30.6 Å². The lowest BCUT2D eigenvalue weighted by atomic mass is 10.2. The fourth-order valence-corrected chi connectivity index (χ4v) is 3.86. The zero-order chi connectivity index (χ0) is 20.9. The van der Waals surface area contributed by atoms with Crippen LogP contribution in [0, 0.1) is 0 Å². The van der Waals surface area contributed by atoms with E-state index in [-0.39, 0.29) is 11.7 Å². The highest BCUT2D eigenvalue weighted by Crippen LogP contribution is 2.29. The van der Waals surface area contributed by atoms with Gasteiger partial charge in [-0.3, -0.25) is 14.3 Å². The van der Waals surface area contributed by atoms with Gasteiger partial charge in [0.2, 0.25) is 5.91 Å². The number of hydrogen-bond donors (Lipinski definition) is 1. The molecule has 4 rings (SSSR count). The van der Waals surface area contributed by atoms with Crippen LogP contribution < -0.4 is 5.32 Å². The number of aromatic nitrogens is 4. The molecule has 0 bridgehead atoms. The predicted molar refractivity (Wildman–Crippen MR) is 120 cm³/mol. The highest BCUT2D eigenvalue weighted by molar-refractivity contribution is 7.99. The molecule has 0 fully saturated rings. The number of pyridine rings is 1. The Morgan fingerprint density at radius 3 is 2.53 bits per heavy atom. The number of carbonyl (C=O) groups is 1. The van der Waals surface area contributed by atoms with Gasteiger partial charge in [-0.1, -0.05) is 53.2 Å². The van der Waals surface area contributed by atoms with Crippen LogP contribution in [0.2, 0.25) is 10.0 Å². The second kappa shape index (κ2) is 9.30. The monoisotopic (exact) mass is 455 g/mol. The van der Waals surface area contributed by atoms with Gasteiger partial charge in [-0.15, -0.1) is 10.2 Å². The zero-order valence-corrected chi connectivity index (χ0v) is 17.8. The van der Waals surface area contributed by atoms with Gasteiger partial charge >= 0.3 is 0 Å². The van der Waals surface area contributed by atoms with Gasteiger partial charge in [0.15, 0.2) is 11.0 Å². The first kappa shape index (κ1) is 20.4. The van der Waals surface area contributed by atoms with Crippen LogP contribution >= 0.6 is 35.0 Å². The number of rotatable bonds is 6. The Kier molecular flexibility index (Phi) is 6.32. The molecule has 2 aromatic heterocycles. The van der Waals surface area contributed by atoms with Crippen LogP contribution in [0.25, 0.3) is 17.1 Å². The summed E-state index contributed by atoms with van der Waals surface area (Å²) >= 11 is 13.4. The first-order valence-electron chi connectivity index (χ1n) is 8.91. The maximum Gasteiger partial charge on any atom is 0.234 e. The van der Waals surface area contributed by atoms with Gasteiger partial charge in [0.1, 0.15) is 0 Å². The third kappa shape index (κ3) is 4.64. The molecule has 0 aliphatic heterocycles. The van der Waals surface area contributed by atoms with Crippen molar-refractivity contribution < 1.29 is 4.79 Å². The maximum atomic E-state index is 12.5. The summed E-state index contributed by atoms with van der Waals surface area (Å²) in [4.78, 5) is 16.5. The second-order valence-electron chi connectivity index (χ2n) is 6.17. The van der Waals surface area contributed by atoms with Crippen LogP contribution in [0.3, 0.4) is 0 Å². The Bertz CT molecular complexity index is 1170.